The lowest BCUT2D eigenvalue weighted by atomic mass is 9.94. The Labute approximate surface area is 211 Å². The number of hydrogen-bond donors (Lipinski definition) is 1. The number of methoxy groups -OCH3 is 1. The van der Waals surface area contributed by atoms with Crippen LogP contribution in [0.4, 0.5) is 5.69 Å². The number of rotatable bonds is 8. The quantitative estimate of drug-likeness (QED) is 0.241. The highest BCUT2D eigenvalue weighted by Crippen LogP contribution is 2.42. The molecule has 186 valence electrons. The number of amides is 1. The average Bonchev–Trinajstić information content (AvgIpc) is 3.17. The van der Waals surface area contributed by atoms with Gasteiger partial charge in [-0.2, -0.15) is 0 Å². The van der Waals surface area contributed by atoms with Crippen LogP contribution in [-0.2, 0) is 16.0 Å². The second kappa shape index (κ2) is 10.7. The monoisotopic (exact) mass is 485 g/mol. The Hall–Kier alpha value is -4.06. The maximum atomic E-state index is 13.4. The van der Waals surface area contributed by atoms with Crippen LogP contribution in [0, 0.1) is 6.92 Å². The number of aliphatic hydroxyl groups is 1. The molecule has 3 aromatic rings. The first kappa shape index (κ1) is 25.0. The Morgan fingerprint density at radius 1 is 0.972 bits per heavy atom. The summed E-state index contributed by atoms with van der Waals surface area (Å²) >= 11 is 0. The van der Waals surface area contributed by atoms with E-state index in [9.17, 15) is 14.7 Å². The van der Waals surface area contributed by atoms with E-state index in [1.54, 1.807) is 37.4 Å². The number of benzene rings is 3. The van der Waals surface area contributed by atoms with Crippen molar-refractivity contribution in [1.29, 1.82) is 0 Å². The fourth-order valence-electron chi connectivity index (χ4n) is 4.42. The molecule has 1 amide bonds. The summed E-state index contributed by atoms with van der Waals surface area (Å²) in [6.45, 7) is 6.56. The average molecular weight is 486 g/mol. The minimum Gasteiger partial charge on any atom is -0.507 e. The number of Topliss-reactive ketones (excluding diaryl/α,β-unsaturated/α-hetero) is 1. The van der Waals surface area contributed by atoms with Gasteiger partial charge in [0.25, 0.3) is 11.7 Å². The molecule has 1 heterocycles. The molecular weight excluding hydrogens is 454 g/mol. The molecular formula is C30H31NO5. The van der Waals surface area contributed by atoms with Gasteiger partial charge in [0.2, 0.25) is 0 Å². The lowest BCUT2D eigenvalue weighted by Crippen LogP contribution is -2.29. The number of anilines is 1. The van der Waals surface area contributed by atoms with Crippen LogP contribution in [0.3, 0.4) is 0 Å². The van der Waals surface area contributed by atoms with Crippen molar-refractivity contribution in [2.24, 2.45) is 0 Å². The van der Waals surface area contributed by atoms with E-state index in [4.69, 9.17) is 9.47 Å². The zero-order valence-electron chi connectivity index (χ0n) is 21.1. The summed E-state index contributed by atoms with van der Waals surface area (Å²) in [5.41, 5.74) is 3.74. The summed E-state index contributed by atoms with van der Waals surface area (Å²) in [4.78, 5) is 28.2. The maximum Gasteiger partial charge on any atom is 0.300 e. The Bertz CT molecular complexity index is 1290. The molecule has 1 saturated heterocycles. The van der Waals surface area contributed by atoms with Crippen molar-refractivity contribution in [1.82, 2.24) is 0 Å². The molecule has 0 saturated carbocycles. The highest BCUT2D eigenvalue weighted by molar-refractivity contribution is 6.51. The third kappa shape index (κ3) is 4.71. The van der Waals surface area contributed by atoms with Gasteiger partial charge in [0, 0.05) is 11.3 Å². The molecule has 6 nitrogen and oxygen atoms in total. The van der Waals surface area contributed by atoms with Crippen molar-refractivity contribution in [2.45, 2.75) is 39.7 Å². The van der Waals surface area contributed by atoms with Crippen molar-refractivity contribution in [3.8, 4) is 11.5 Å². The molecule has 1 aliphatic heterocycles. The second-order valence-corrected chi connectivity index (χ2v) is 8.79. The predicted octanol–water partition coefficient (Wildman–Crippen LogP) is 5.98. The van der Waals surface area contributed by atoms with Gasteiger partial charge in [-0.15, -0.1) is 0 Å². The zero-order valence-corrected chi connectivity index (χ0v) is 21.1. The summed E-state index contributed by atoms with van der Waals surface area (Å²) < 4.78 is 11.0. The fourth-order valence-corrected chi connectivity index (χ4v) is 4.42. The molecule has 0 aliphatic carbocycles. The number of carbonyl (C=O) groups is 2. The molecule has 0 aromatic heterocycles. The SMILES string of the molecule is CCCOc1ccc(/C(O)=C2/C(=O)C(=O)N(c3ccc(CC)cc3)C2c2ccc(OC)cc2)cc1C. The molecule has 0 bridgehead atoms. The summed E-state index contributed by atoms with van der Waals surface area (Å²) in [6.07, 6.45) is 1.74. The smallest absolute Gasteiger partial charge is 0.300 e. The standard InChI is InChI=1S/C30H31NO5/c1-5-17-36-25-16-11-22(18-19(25)3)28(32)26-27(21-9-14-24(35-4)15-10-21)31(30(34)29(26)33)23-12-7-20(6-2)8-13-23/h7-16,18,27,32H,5-6,17H2,1-4H3/b28-26-. The van der Waals surface area contributed by atoms with Gasteiger partial charge in [-0.25, -0.2) is 0 Å². The van der Waals surface area contributed by atoms with E-state index < -0.39 is 17.7 Å². The first-order chi connectivity index (χ1) is 17.4. The number of ketones is 1. The highest BCUT2D eigenvalue weighted by Gasteiger charge is 2.47. The van der Waals surface area contributed by atoms with Crippen molar-refractivity contribution in [3.63, 3.8) is 0 Å². The molecule has 4 rings (SSSR count). The molecule has 1 aliphatic rings. The van der Waals surface area contributed by atoms with Gasteiger partial charge in [0.1, 0.15) is 17.3 Å². The van der Waals surface area contributed by atoms with Crippen molar-refractivity contribution in [3.05, 3.63) is 94.6 Å². The largest absolute Gasteiger partial charge is 0.507 e. The Kier molecular flexibility index (Phi) is 7.44. The van der Waals surface area contributed by atoms with Crippen LogP contribution in [0.1, 0.15) is 48.6 Å². The minimum atomic E-state index is -0.792. The maximum absolute atomic E-state index is 13.4. The lowest BCUT2D eigenvalue weighted by Gasteiger charge is -2.26. The zero-order chi connectivity index (χ0) is 25.8. The van der Waals surface area contributed by atoms with Crippen LogP contribution in [0.2, 0.25) is 0 Å². The molecule has 1 unspecified atom stereocenters. The molecule has 0 spiro atoms. The van der Waals surface area contributed by atoms with Crippen LogP contribution in [-0.4, -0.2) is 30.5 Å². The lowest BCUT2D eigenvalue weighted by molar-refractivity contribution is -0.132. The van der Waals surface area contributed by atoms with Crippen molar-refractivity contribution >= 4 is 23.1 Å². The normalized spacial score (nSPS) is 16.9. The van der Waals surface area contributed by atoms with E-state index in [1.807, 2.05) is 50.2 Å². The number of hydrogen-bond acceptors (Lipinski definition) is 5. The first-order valence-corrected chi connectivity index (χ1v) is 12.2. The number of aryl methyl sites for hydroxylation is 2. The third-order valence-electron chi connectivity index (χ3n) is 6.41. The van der Waals surface area contributed by atoms with E-state index in [-0.39, 0.29) is 11.3 Å². The van der Waals surface area contributed by atoms with E-state index in [0.29, 0.717) is 29.2 Å². The summed E-state index contributed by atoms with van der Waals surface area (Å²) in [5.74, 6) is -0.247. The number of carbonyl (C=O) groups excluding carboxylic acids is 2. The van der Waals surface area contributed by atoms with Gasteiger partial charge in [-0.3, -0.25) is 14.5 Å². The van der Waals surface area contributed by atoms with E-state index >= 15 is 0 Å². The molecule has 0 radical (unpaired) electrons. The van der Waals surface area contributed by atoms with E-state index in [1.165, 1.54) is 4.90 Å². The topological polar surface area (TPSA) is 76.1 Å². The van der Waals surface area contributed by atoms with Gasteiger partial charge in [0.05, 0.1) is 25.3 Å². The van der Waals surface area contributed by atoms with E-state index in [2.05, 4.69) is 6.92 Å². The van der Waals surface area contributed by atoms with E-state index in [0.717, 1.165) is 29.7 Å². The van der Waals surface area contributed by atoms with Crippen LogP contribution in [0.15, 0.2) is 72.3 Å². The van der Waals surface area contributed by atoms with Crippen LogP contribution in [0.5, 0.6) is 11.5 Å². The second-order valence-electron chi connectivity index (χ2n) is 8.79. The Balaban J connectivity index is 1.86. The summed E-state index contributed by atoms with van der Waals surface area (Å²) in [7, 11) is 1.58. The van der Waals surface area contributed by atoms with Crippen molar-refractivity contribution in [2.75, 3.05) is 18.6 Å². The molecule has 36 heavy (non-hydrogen) atoms. The molecule has 3 aromatic carbocycles. The number of aliphatic hydroxyl groups excluding tert-OH is 1. The van der Waals surface area contributed by atoms with Gasteiger partial charge >= 0.3 is 0 Å². The number of ether oxygens (including phenoxy) is 2. The Morgan fingerprint density at radius 2 is 1.67 bits per heavy atom. The van der Waals surface area contributed by atoms with Crippen LogP contribution < -0.4 is 14.4 Å². The molecule has 1 atom stereocenters. The first-order valence-electron chi connectivity index (χ1n) is 12.2. The predicted molar refractivity (Wildman–Crippen MR) is 141 cm³/mol. The van der Waals surface area contributed by atoms with Crippen LogP contribution >= 0.6 is 0 Å². The van der Waals surface area contributed by atoms with Gasteiger partial charge in [0.15, 0.2) is 0 Å². The fraction of sp³-hybridized carbons (Fsp3) is 0.267. The third-order valence-corrected chi connectivity index (χ3v) is 6.41. The van der Waals surface area contributed by atoms with Crippen LogP contribution in [0.25, 0.3) is 5.76 Å². The molecule has 6 heteroatoms. The van der Waals surface area contributed by atoms with Gasteiger partial charge in [-0.1, -0.05) is 38.1 Å². The summed E-state index contributed by atoms with van der Waals surface area (Å²) in [6, 6.07) is 19.2. The van der Waals surface area contributed by atoms with Crippen molar-refractivity contribution < 1.29 is 24.2 Å². The minimum absolute atomic E-state index is 0.0476. The Morgan fingerprint density at radius 3 is 2.25 bits per heavy atom. The summed E-state index contributed by atoms with van der Waals surface area (Å²) in [5, 5.41) is 11.4. The molecule has 1 N–H and O–H groups in total. The van der Waals surface area contributed by atoms with Gasteiger partial charge < -0.3 is 14.6 Å². The highest BCUT2D eigenvalue weighted by atomic mass is 16.5. The molecule has 1 fully saturated rings. The van der Waals surface area contributed by atoms with Gasteiger partial charge in [-0.05, 0) is 78.9 Å². The number of nitrogens with zero attached hydrogens (tertiary/aromatic N) is 1.